The number of hydrogen-bond donors (Lipinski definition) is 0. The first kappa shape index (κ1) is 21.4. The summed E-state index contributed by atoms with van der Waals surface area (Å²) < 4.78 is 37.9. The van der Waals surface area contributed by atoms with Crippen molar-refractivity contribution in [3.05, 3.63) is 52.3 Å². The molecular formula is C19H18Cl2N2O5S. The maximum Gasteiger partial charge on any atom is 0.305 e. The van der Waals surface area contributed by atoms with Crippen LogP contribution in [0.25, 0.3) is 11.0 Å². The largest absolute Gasteiger partial charge is 0.497 e. The summed E-state index contributed by atoms with van der Waals surface area (Å²) in [6, 6.07) is 9.10. The van der Waals surface area contributed by atoms with Crippen LogP contribution in [0.4, 0.5) is 0 Å². The van der Waals surface area contributed by atoms with Gasteiger partial charge in [-0.05, 0) is 43.2 Å². The maximum absolute atomic E-state index is 13.5. The number of aromatic nitrogens is 2. The molecule has 0 fully saturated rings. The lowest BCUT2D eigenvalue weighted by molar-refractivity contribution is -0.140. The van der Waals surface area contributed by atoms with Crippen LogP contribution in [0.2, 0.25) is 10.2 Å². The normalized spacial score (nSPS) is 11.6. The van der Waals surface area contributed by atoms with Crippen molar-refractivity contribution in [2.45, 2.75) is 24.2 Å². The van der Waals surface area contributed by atoms with E-state index in [0.717, 1.165) is 0 Å². The molecular weight excluding hydrogens is 439 g/mol. The van der Waals surface area contributed by atoms with Crippen molar-refractivity contribution in [3.63, 3.8) is 0 Å². The number of aryl methyl sites for hydroxylation is 1. The number of pyridine rings is 1. The van der Waals surface area contributed by atoms with E-state index < -0.39 is 10.0 Å². The van der Waals surface area contributed by atoms with Crippen molar-refractivity contribution in [1.29, 1.82) is 0 Å². The number of methoxy groups -OCH3 is 2. The van der Waals surface area contributed by atoms with Gasteiger partial charge in [0.1, 0.15) is 15.8 Å². The average Bonchev–Trinajstić information content (AvgIpc) is 3.05. The Morgan fingerprint density at radius 2 is 1.90 bits per heavy atom. The highest BCUT2D eigenvalue weighted by molar-refractivity contribution is 7.90. The van der Waals surface area contributed by atoms with Crippen molar-refractivity contribution >= 4 is 50.2 Å². The molecule has 0 atom stereocenters. The van der Waals surface area contributed by atoms with E-state index in [1.54, 1.807) is 12.1 Å². The van der Waals surface area contributed by atoms with Crippen LogP contribution in [-0.2, 0) is 26.0 Å². The lowest BCUT2D eigenvalue weighted by Crippen LogP contribution is -2.16. The molecule has 0 bridgehead atoms. The van der Waals surface area contributed by atoms with Crippen LogP contribution < -0.4 is 4.74 Å². The van der Waals surface area contributed by atoms with Crippen LogP contribution in [0.15, 0.2) is 41.3 Å². The van der Waals surface area contributed by atoms with Crippen molar-refractivity contribution in [3.8, 4) is 5.75 Å². The molecule has 0 saturated heterocycles. The summed E-state index contributed by atoms with van der Waals surface area (Å²) in [4.78, 5) is 15.6. The van der Waals surface area contributed by atoms with Crippen molar-refractivity contribution in [1.82, 2.24) is 8.96 Å². The van der Waals surface area contributed by atoms with Gasteiger partial charge in [-0.25, -0.2) is 17.4 Å². The van der Waals surface area contributed by atoms with Gasteiger partial charge in [0, 0.05) is 18.2 Å². The molecule has 0 aliphatic heterocycles. The Morgan fingerprint density at radius 1 is 1.14 bits per heavy atom. The molecule has 0 N–H and O–H groups in total. The van der Waals surface area contributed by atoms with E-state index in [4.69, 9.17) is 27.9 Å². The van der Waals surface area contributed by atoms with E-state index >= 15 is 0 Å². The first-order valence-corrected chi connectivity index (χ1v) is 10.8. The molecule has 0 aliphatic carbocycles. The van der Waals surface area contributed by atoms with Crippen LogP contribution >= 0.6 is 23.2 Å². The molecule has 0 aliphatic rings. The molecule has 154 valence electrons. The van der Waals surface area contributed by atoms with Gasteiger partial charge in [-0.1, -0.05) is 23.2 Å². The lowest BCUT2D eigenvalue weighted by Gasteiger charge is -2.13. The summed E-state index contributed by atoms with van der Waals surface area (Å²) in [6.07, 6.45) is 0.883. The molecule has 0 unspecified atom stereocenters. The van der Waals surface area contributed by atoms with E-state index in [9.17, 15) is 13.2 Å². The van der Waals surface area contributed by atoms with Gasteiger partial charge in [0.15, 0.2) is 0 Å². The summed E-state index contributed by atoms with van der Waals surface area (Å²) in [5.41, 5.74) is 1.26. The van der Waals surface area contributed by atoms with Gasteiger partial charge >= 0.3 is 5.97 Å². The number of rotatable bonds is 7. The predicted molar refractivity (Wildman–Crippen MR) is 110 cm³/mol. The van der Waals surface area contributed by atoms with Gasteiger partial charge in [-0.15, -0.1) is 0 Å². The quantitative estimate of drug-likeness (QED) is 0.393. The molecule has 7 nitrogen and oxygen atoms in total. The highest BCUT2D eigenvalue weighted by atomic mass is 35.5. The van der Waals surface area contributed by atoms with E-state index in [2.05, 4.69) is 9.72 Å². The van der Waals surface area contributed by atoms with Crippen molar-refractivity contribution in [2.75, 3.05) is 14.2 Å². The first-order valence-electron chi connectivity index (χ1n) is 8.60. The Bertz CT molecular complexity index is 1170. The van der Waals surface area contributed by atoms with Crippen LogP contribution in [0.3, 0.4) is 0 Å². The highest BCUT2D eigenvalue weighted by Gasteiger charge is 2.26. The number of benzene rings is 1. The zero-order valence-corrected chi connectivity index (χ0v) is 18.0. The number of hydrogen-bond acceptors (Lipinski definition) is 6. The molecule has 0 radical (unpaired) electrons. The fourth-order valence-corrected chi connectivity index (χ4v) is 5.21. The van der Waals surface area contributed by atoms with Gasteiger partial charge in [0.05, 0.1) is 30.3 Å². The Morgan fingerprint density at radius 3 is 2.55 bits per heavy atom. The number of carbonyl (C=O) groups is 1. The van der Waals surface area contributed by atoms with Crippen LogP contribution in [0.5, 0.6) is 5.75 Å². The third kappa shape index (κ3) is 4.34. The smallest absolute Gasteiger partial charge is 0.305 e. The number of carbonyl (C=O) groups excluding carboxylic acids is 1. The molecule has 29 heavy (non-hydrogen) atoms. The second kappa shape index (κ2) is 8.61. The molecule has 1 aromatic carbocycles. The van der Waals surface area contributed by atoms with Crippen LogP contribution in [0, 0.1) is 0 Å². The van der Waals surface area contributed by atoms with Gasteiger partial charge in [-0.2, -0.15) is 0 Å². The first-order chi connectivity index (χ1) is 13.8. The summed E-state index contributed by atoms with van der Waals surface area (Å²) in [5, 5.41) is 0.282. The molecule has 0 saturated carbocycles. The topological polar surface area (TPSA) is 87.5 Å². The minimum absolute atomic E-state index is 0.0358. The standard InChI is InChI=1S/C19H18Cl2N2O5S/c1-27-13-6-8-17(14(20)11-13)29(25,26)23-12(4-3-5-19(24)28-2)10-15-16(23)7-9-18(21)22-15/h6-11H,3-5H2,1-2H3. The Labute approximate surface area is 178 Å². The zero-order valence-electron chi connectivity index (χ0n) is 15.7. The van der Waals surface area contributed by atoms with Gasteiger partial charge in [0.2, 0.25) is 0 Å². The number of ether oxygens (including phenoxy) is 2. The van der Waals surface area contributed by atoms with E-state index in [-0.39, 0.29) is 27.5 Å². The second-order valence-electron chi connectivity index (χ2n) is 6.17. The fraction of sp³-hybridized carbons (Fsp3) is 0.263. The minimum Gasteiger partial charge on any atom is -0.497 e. The molecule has 10 heteroatoms. The monoisotopic (exact) mass is 456 g/mol. The predicted octanol–water partition coefficient (Wildman–Crippen LogP) is 4.08. The minimum atomic E-state index is -4.05. The maximum atomic E-state index is 13.5. The van der Waals surface area contributed by atoms with Crippen LogP contribution in [0.1, 0.15) is 18.5 Å². The fourth-order valence-electron chi connectivity index (χ4n) is 2.98. The average molecular weight is 457 g/mol. The SMILES string of the molecule is COC(=O)CCCc1cc2nc(Cl)ccc2n1S(=O)(=O)c1ccc(OC)cc1Cl. The molecule has 2 aromatic heterocycles. The van der Waals surface area contributed by atoms with Crippen molar-refractivity contribution < 1.29 is 22.7 Å². The van der Waals surface area contributed by atoms with E-state index in [1.165, 1.54) is 42.5 Å². The molecule has 3 aromatic rings. The Balaban J connectivity index is 2.13. The van der Waals surface area contributed by atoms with Gasteiger partial charge < -0.3 is 9.47 Å². The third-order valence-corrected chi connectivity index (χ3v) is 6.81. The highest BCUT2D eigenvalue weighted by Crippen LogP contribution is 2.32. The Kier molecular flexibility index (Phi) is 6.36. The van der Waals surface area contributed by atoms with Crippen molar-refractivity contribution in [2.24, 2.45) is 0 Å². The molecule has 0 amide bonds. The van der Waals surface area contributed by atoms with E-state index in [1.807, 2.05) is 0 Å². The summed E-state index contributed by atoms with van der Waals surface area (Å²) >= 11 is 12.2. The molecule has 3 rings (SSSR count). The lowest BCUT2D eigenvalue weighted by atomic mass is 10.2. The van der Waals surface area contributed by atoms with Gasteiger partial charge in [0.25, 0.3) is 10.0 Å². The Hall–Kier alpha value is -2.29. The number of nitrogens with zero attached hydrogens (tertiary/aromatic N) is 2. The molecule has 2 heterocycles. The summed E-state index contributed by atoms with van der Waals surface area (Å²) in [5.74, 6) is 0.0768. The number of esters is 1. The van der Waals surface area contributed by atoms with Gasteiger partial charge in [-0.3, -0.25) is 4.79 Å². The zero-order chi connectivity index (χ0) is 21.2. The number of fused-ring (bicyclic) bond motifs is 1. The van der Waals surface area contributed by atoms with Crippen LogP contribution in [-0.4, -0.2) is 37.6 Å². The number of halogens is 2. The molecule has 0 spiro atoms. The summed E-state index contributed by atoms with van der Waals surface area (Å²) in [7, 11) is -1.27. The third-order valence-electron chi connectivity index (χ3n) is 4.35. The second-order valence-corrected chi connectivity index (χ2v) is 8.72. The van der Waals surface area contributed by atoms with E-state index in [0.29, 0.717) is 35.3 Å². The summed E-state index contributed by atoms with van der Waals surface area (Å²) in [6.45, 7) is 0.